The number of aromatic nitrogens is 2. The fraction of sp³-hybridized carbons (Fsp3) is 0.154. The van der Waals surface area contributed by atoms with Crippen LogP contribution in [-0.4, -0.2) is 24.2 Å². The van der Waals surface area contributed by atoms with Crippen molar-refractivity contribution in [3.8, 4) is 23.3 Å². The molecule has 0 unspecified atom stereocenters. The quantitative estimate of drug-likeness (QED) is 0.221. The first-order valence-corrected chi connectivity index (χ1v) is 11.3. The molecule has 0 aliphatic carbocycles. The lowest BCUT2D eigenvalue weighted by Crippen LogP contribution is -2.00. The lowest BCUT2D eigenvalue weighted by atomic mass is 10.1. The van der Waals surface area contributed by atoms with Crippen LogP contribution < -0.4 is 14.2 Å². The third-order valence-corrected chi connectivity index (χ3v) is 5.93. The van der Waals surface area contributed by atoms with Crippen molar-refractivity contribution < 1.29 is 14.2 Å². The normalized spacial score (nSPS) is 11.3. The van der Waals surface area contributed by atoms with Crippen molar-refractivity contribution in [3.63, 3.8) is 0 Å². The van der Waals surface area contributed by atoms with Crippen molar-refractivity contribution in [2.45, 2.75) is 13.5 Å². The van der Waals surface area contributed by atoms with E-state index in [1.54, 1.807) is 20.3 Å². The van der Waals surface area contributed by atoms with E-state index in [-0.39, 0.29) is 0 Å². The van der Waals surface area contributed by atoms with E-state index >= 15 is 0 Å². The minimum absolute atomic E-state index is 0.413. The van der Waals surface area contributed by atoms with Gasteiger partial charge >= 0.3 is 0 Å². The van der Waals surface area contributed by atoms with Gasteiger partial charge in [0.2, 0.25) is 0 Å². The highest BCUT2D eigenvalue weighted by atomic mass is 127. The van der Waals surface area contributed by atoms with E-state index < -0.39 is 0 Å². The smallest absolute Gasteiger partial charge is 0.174 e. The third-order valence-electron chi connectivity index (χ3n) is 5.13. The summed E-state index contributed by atoms with van der Waals surface area (Å²) in [6, 6.07) is 19.8. The molecule has 4 rings (SSSR count). The van der Waals surface area contributed by atoms with E-state index in [0.29, 0.717) is 29.5 Å². The van der Waals surface area contributed by atoms with Crippen molar-refractivity contribution in [3.05, 3.63) is 80.7 Å². The molecule has 1 aromatic heterocycles. The molecular weight excluding hydrogens is 529 g/mol. The average molecular weight is 551 g/mol. The Kier molecular flexibility index (Phi) is 6.84. The van der Waals surface area contributed by atoms with Gasteiger partial charge in [0.25, 0.3) is 0 Å². The molecule has 4 aromatic rings. The lowest BCUT2D eigenvalue weighted by molar-refractivity contribution is 0.282. The van der Waals surface area contributed by atoms with Crippen molar-refractivity contribution in [2.75, 3.05) is 14.2 Å². The minimum Gasteiger partial charge on any atom is -0.497 e. The summed E-state index contributed by atoms with van der Waals surface area (Å²) in [5, 5.41) is 9.79. The van der Waals surface area contributed by atoms with Crippen LogP contribution in [0.1, 0.15) is 22.5 Å². The number of halogens is 1. The van der Waals surface area contributed by atoms with E-state index in [1.165, 1.54) is 5.56 Å². The first kappa shape index (κ1) is 22.7. The van der Waals surface area contributed by atoms with Gasteiger partial charge in [-0.1, -0.05) is 29.8 Å². The van der Waals surface area contributed by atoms with Gasteiger partial charge < -0.3 is 19.2 Å². The van der Waals surface area contributed by atoms with Crippen LogP contribution in [0.4, 0.5) is 0 Å². The second kappa shape index (κ2) is 9.96. The van der Waals surface area contributed by atoms with Gasteiger partial charge in [-0.25, -0.2) is 4.98 Å². The molecule has 7 heteroatoms. The van der Waals surface area contributed by atoms with Gasteiger partial charge in [0.15, 0.2) is 11.5 Å². The summed E-state index contributed by atoms with van der Waals surface area (Å²) in [6.45, 7) is 2.49. The Morgan fingerprint density at radius 1 is 1.09 bits per heavy atom. The fourth-order valence-corrected chi connectivity index (χ4v) is 4.15. The highest BCUT2D eigenvalue weighted by Crippen LogP contribution is 2.35. The van der Waals surface area contributed by atoms with Gasteiger partial charge in [-0.15, -0.1) is 0 Å². The maximum absolute atomic E-state index is 9.79. The standard InChI is InChI=1S/C26H22IN3O3/c1-16-4-6-17(7-5-16)15-33-25-21(27)11-18(12-24(25)32-3)10-19(14-28)26-29-22-9-8-20(31-2)13-23(22)30-26/h4-13H,15H2,1-3H3,(H,29,30)/b19-10-. The molecule has 166 valence electrons. The zero-order valence-electron chi connectivity index (χ0n) is 18.5. The van der Waals surface area contributed by atoms with Crippen LogP contribution in [-0.2, 0) is 6.61 Å². The number of benzene rings is 3. The number of nitriles is 1. The van der Waals surface area contributed by atoms with Gasteiger partial charge in [0.05, 0.1) is 34.4 Å². The number of imidazole rings is 1. The number of rotatable bonds is 7. The minimum atomic E-state index is 0.413. The van der Waals surface area contributed by atoms with Crippen molar-refractivity contribution in [2.24, 2.45) is 0 Å². The number of hydrogen-bond donors (Lipinski definition) is 1. The number of hydrogen-bond acceptors (Lipinski definition) is 5. The Morgan fingerprint density at radius 2 is 1.88 bits per heavy atom. The number of nitrogens with one attached hydrogen (secondary N) is 1. The molecule has 0 atom stereocenters. The number of aromatic amines is 1. The maximum Gasteiger partial charge on any atom is 0.174 e. The molecule has 0 aliphatic rings. The van der Waals surface area contributed by atoms with E-state index in [9.17, 15) is 5.26 Å². The lowest BCUT2D eigenvalue weighted by Gasteiger charge is -2.14. The summed E-state index contributed by atoms with van der Waals surface area (Å²) in [4.78, 5) is 7.75. The molecule has 0 saturated heterocycles. The number of nitrogens with zero attached hydrogens (tertiary/aromatic N) is 2. The van der Waals surface area contributed by atoms with Crippen molar-refractivity contribution >= 4 is 45.3 Å². The maximum atomic E-state index is 9.79. The molecule has 0 saturated carbocycles. The number of methoxy groups -OCH3 is 2. The number of allylic oxidation sites excluding steroid dienone is 1. The second-order valence-corrected chi connectivity index (χ2v) is 8.61. The van der Waals surface area contributed by atoms with Crippen molar-refractivity contribution in [1.29, 1.82) is 5.26 Å². The molecule has 0 amide bonds. The van der Waals surface area contributed by atoms with Gasteiger partial charge in [0, 0.05) is 6.07 Å². The molecule has 0 radical (unpaired) electrons. The molecule has 33 heavy (non-hydrogen) atoms. The molecular formula is C26H22IN3O3. The Labute approximate surface area is 206 Å². The Balaban J connectivity index is 1.63. The molecule has 0 bridgehead atoms. The number of H-pyrrole nitrogens is 1. The molecule has 0 fully saturated rings. The number of aryl methyl sites for hydroxylation is 1. The predicted molar refractivity (Wildman–Crippen MR) is 137 cm³/mol. The van der Waals surface area contributed by atoms with Gasteiger partial charge in [-0.2, -0.15) is 5.26 Å². The second-order valence-electron chi connectivity index (χ2n) is 7.45. The Morgan fingerprint density at radius 3 is 2.58 bits per heavy atom. The summed E-state index contributed by atoms with van der Waals surface area (Å²) in [5.41, 5.74) is 5.08. The molecule has 0 aliphatic heterocycles. The van der Waals surface area contributed by atoms with E-state index in [0.717, 1.165) is 31.5 Å². The fourth-order valence-electron chi connectivity index (χ4n) is 3.37. The zero-order chi connectivity index (χ0) is 23.4. The monoisotopic (exact) mass is 551 g/mol. The van der Waals surface area contributed by atoms with Crippen LogP contribution in [0.3, 0.4) is 0 Å². The highest BCUT2D eigenvalue weighted by Gasteiger charge is 2.14. The van der Waals surface area contributed by atoms with Gasteiger partial charge in [-0.3, -0.25) is 0 Å². The summed E-state index contributed by atoms with van der Waals surface area (Å²) < 4.78 is 17.8. The SMILES string of the molecule is COc1ccc2nc(/C(C#N)=C\c3cc(I)c(OCc4ccc(C)cc4)c(OC)c3)[nH]c2c1. The third kappa shape index (κ3) is 5.12. The predicted octanol–water partition coefficient (Wildman–Crippen LogP) is 6.14. The number of fused-ring (bicyclic) bond motifs is 1. The topological polar surface area (TPSA) is 80.2 Å². The largest absolute Gasteiger partial charge is 0.497 e. The number of ether oxygens (including phenoxy) is 3. The highest BCUT2D eigenvalue weighted by molar-refractivity contribution is 14.1. The summed E-state index contributed by atoms with van der Waals surface area (Å²) in [6.07, 6.45) is 1.78. The molecule has 1 N–H and O–H groups in total. The van der Waals surface area contributed by atoms with Crippen LogP contribution in [0, 0.1) is 21.8 Å². The van der Waals surface area contributed by atoms with Gasteiger partial charge in [0.1, 0.15) is 24.3 Å². The first-order valence-electron chi connectivity index (χ1n) is 10.2. The summed E-state index contributed by atoms with van der Waals surface area (Å²) in [7, 11) is 3.22. The average Bonchev–Trinajstić information content (AvgIpc) is 3.25. The van der Waals surface area contributed by atoms with E-state index in [1.807, 2.05) is 42.5 Å². The van der Waals surface area contributed by atoms with Gasteiger partial charge in [-0.05, 0) is 71.0 Å². The van der Waals surface area contributed by atoms with Crippen molar-refractivity contribution in [1.82, 2.24) is 9.97 Å². The summed E-state index contributed by atoms with van der Waals surface area (Å²) in [5.74, 6) is 2.49. The molecule has 3 aromatic carbocycles. The Hall–Kier alpha value is -3.51. The van der Waals surface area contributed by atoms with Crippen LogP contribution >= 0.6 is 22.6 Å². The summed E-state index contributed by atoms with van der Waals surface area (Å²) >= 11 is 2.22. The van der Waals surface area contributed by atoms with Crippen LogP contribution in [0.25, 0.3) is 22.7 Å². The van der Waals surface area contributed by atoms with Crippen LogP contribution in [0.5, 0.6) is 17.2 Å². The van der Waals surface area contributed by atoms with E-state index in [2.05, 4.69) is 57.7 Å². The molecule has 0 spiro atoms. The zero-order valence-corrected chi connectivity index (χ0v) is 20.6. The molecule has 1 heterocycles. The Bertz CT molecular complexity index is 1370. The molecule has 6 nitrogen and oxygen atoms in total. The van der Waals surface area contributed by atoms with E-state index in [4.69, 9.17) is 14.2 Å². The van der Waals surface area contributed by atoms with Crippen LogP contribution in [0.2, 0.25) is 0 Å². The van der Waals surface area contributed by atoms with Crippen LogP contribution in [0.15, 0.2) is 54.6 Å². The first-order chi connectivity index (χ1) is 16.0.